The molecule has 53 heavy (non-hydrogen) atoms. The molecule has 0 radical (unpaired) electrons. The fourth-order valence-electron chi connectivity index (χ4n) is 7.36. The maximum absolute atomic E-state index is 5.05. The van der Waals surface area contributed by atoms with Crippen LogP contribution in [0.25, 0.3) is 77.0 Å². The highest BCUT2D eigenvalue weighted by molar-refractivity contribution is 5.96. The van der Waals surface area contributed by atoms with Gasteiger partial charge >= 0.3 is 0 Å². The van der Waals surface area contributed by atoms with Crippen molar-refractivity contribution in [3.63, 3.8) is 0 Å². The number of nitrogens with zero attached hydrogens (tertiary/aromatic N) is 4. The number of hydrogen-bond acceptors (Lipinski definition) is 4. The minimum absolute atomic E-state index is 0.876. The molecule has 0 amide bonds. The number of hydrogen-bond donors (Lipinski definition) is 0. The van der Waals surface area contributed by atoms with Gasteiger partial charge in [0.15, 0.2) is 0 Å². The van der Waals surface area contributed by atoms with Crippen LogP contribution in [-0.2, 0) is 0 Å². The van der Waals surface area contributed by atoms with Gasteiger partial charge in [0, 0.05) is 51.5 Å². The van der Waals surface area contributed by atoms with E-state index < -0.39 is 0 Å². The van der Waals surface area contributed by atoms with E-state index in [9.17, 15) is 0 Å². The van der Waals surface area contributed by atoms with Gasteiger partial charge in [0.05, 0.1) is 22.4 Å². The Morgan fingerprint density at radius 1 is 0.358 bits per heavy atom. The topological polar surface area (TPSA) is 41.9 Å². The minimum atomic E-state index is 0.876. The molecule has 4 heteroatoms. The quantitative estimate of drug-likeness (QED) is 0.176. The Labute approximate surface area is 307 Å². The van der Waals surface area contributed by atoms with Gasteiger partial charge in [0.2, 0.25) is 0 Å². The first-order valence-corrected chi connectivity index (χ1v) is 17.8. The molecular weight excluding hydrogens is 645 g/mol. The molecule has 10 rings (SSSR count). The lowest BCUT2D eigenvalue weighted by Gasteiger charge is -2.26. The Balaban J connectivity index is 1.06. The summed E-state index contributed by atoms with van der Waals surface area (Å²) in [6, 6.07) is 64.4. The van der Waals surface area contributed by atoms with Gasteiger partial charge in [-0.25, -0.2) is 4.98 Å². The zero-order chi connectivity index (χ0) is 35.1. The number of aromatic nitrogens is 3. The second-order valence-corrected chi connectivity index (χ2v) is 13.4. The van der Waals surface area contributed by atoms with Crippen molar-refractivity contribution in [2.75, 3.05) is 4.90 Å². The lowest BCUT2D eigenvalue weighted by molar-refractivity contribution is 1.29. The summed E-state index contributed by atoms with van der Waals surface area (Å²) in [4.78, 5) is 16.9. The second-order valence-electron chi connectivity index (χ2n) is 13.4. The molecule has 0 aliphatic heterocycles. The number of anilines is 3. The van der Waals surface area contributed by atoms with Crippen LogP contribution in [0.5, 0.6) is 0 Å². The van der Waals surface area contributed by atoms with Gasteiger partial charge in [-0.2, -0.15) is 0 Å². The minimum Gasteiger partial charge on any atom is -0.310 e. The molecule has 10 aromatic rings. The van der Waals surface area contributed by atoms with Crippen molar-refractivity contribution in [1.29, 1.82) is 0 Å². The molecule has 0 atom stereocenters. The van der Waals surface area contributed by atoms with Gasteiger partial charge in [-0.3, -0.25) is 9.97 Å². The van der Waals surface area contributed by atoms with Crippen LogP contribution in [-0.4, -0.2) is 15.0 Å². The Bertz CT molecular complexity index is 2950. The van der Waals surface area contributed by atoms with Crippen LogP contribution in [0.1, 0.15) is 0 Å². The highest BCUT2D eigenvalue weighted by Gasteiger charge is 2.16. The van der Waals surface area contributed by atoms with E-state index in [2.05, 4.69) is 169 Å². The zero-order valence-electron chi connectivity index (χ0n) is 28.8. The van der Waals surface area contributed by atoms with E-state index in [4.69, 9.17) is 15.0 Å². The zero-order valence-corrected chi connectivity index (χ0v) is 28.8. The Morgan fingerprint density at radius 3 is 1.75 bits per heavy atom. The molecular formula is C49H32N4. The van der Waals surface area contributed by atoms with Crippen molar-refractivity contribution in [2.24, 2.45) is 0 Å². The molecule has 0 unspecified atom stereocenters. The van der Waals surface area contributed by atoms with E-state index in [0.717, 1.165) is 72.5 Å². The first kappa shape index (κ1) is 30.6. The Morgan fingerprint density at radius 2 is 0.962 bits per heavy atom. The van der Waals surface area contributed by atoms with E-state index in [0.29, 0.717) is 0 Å². The van der Waals surface area contributed by atoms with Crippen LogP contribution in [0, 0.1) is 0 Å². The third-order valence-electron chi connectivity index (χ3n) is 10.1. The van der Waals surface area contributed by atoms with Crippen LogP contribution in [0.2, 0.25) is 0 Å². The van der Waals surface area contributed by atoms with E-state index in [1.807, 2.05) is 30.6 Å². The fraction of sp³-hybridized carbons (Fsp3) is 0. The third-order valence-corrected chi connectivity index (χ3v) is 10.1. The SMILES string of the molecule is c1ccc(-c2cc(-c3ccc(N(c4ccc5ccccc5c4)c4ccc5cc(-c6cc7ccccc7cn6)ccc5c4)cc3)nc3cccnc23)cc1. The predicted molar refractivity (Wildman–Crippen MR) is 221 cm³/mol. The van der Waals surface area contributed by atoms with Crippen molar-refractivity contribution < 1.29 is 0 Å². The lowest BCUT2D eigenvalue weighted by Crippen LogP contribution is -2.10. The van der Waals surface area contributed by atoms with E-state index >= 15 is 0 Å². The van der Waals surface area contributed by atoms with Crippen LogP contribution in [0.15, 0.2) is 194 Å². The molecule has 0 N–H and O–H groups in total. The fourth-order valence-corrected chi connectivity index (χ4v) is 7.36. The predicted octanol–water partition coefficient (Wildman–Crippen LogP) is 13.0. The van der Waals surface area contributed by atoms with E-state index in [-0.39, 0.29) is 0 Å². The van der Waals surface area contributed by atoms with Crippen LogP contribution in [0.4, 0.5) is 17.1 Å². The van der Waals surface area contributed by atoms with Crippen molar-refractivity contribution in [3.8, 4) is 33.6 Å². The van der Waals surface area contributed by atoms with Gasteiger partial charge in [-0.05, 0) is 99.2 Å². The summed E-state index contributed by atoms with van der Waals surface area (Å²) in [5.41, 5.74) is 11.2. The summed E-state index contributed by atoms with van der Waals surface area (Å²) < 4.78 is 0. The highest BCUT2D eigenvalue weighted by atomic mass is 15.1. The van der Waals surface area contributed by atoms with E-state index in [1.165, 1.54) is 21.5 Å². The molecule has 3 aromatic heterocycles. The monoisotopic (exact) mass is 676 g/mol. The first-order valence-electron chi connectivity index (χ1n) is 17.8. The molecule has 0 bridgehead atoms. The summed E-state index contributed by atoms with van der Waals surface area (Å²) in [5, 5.41) is 7.08. The van der Waals surface area contributed by atoms with Gasteiger partial charge in [0.1, 0.15) is 0 Å². The van der Waals surface area contributed by atoms with Crippen molar-refractivity contribution in [1.82, 2.24) is 15.0 Å². The average Bonchev–Trinajstić information content (AvgIpc) is 3.23. The standard InChI is InChI=1S/C49H32N4/c1-2-10-34(11-3-1)45-31-48(52-46-15-8-26-50-49(45)46)35-19-22-42(23-20-35)53(43-24-18-33-9-4-5-12-36(33)28-43)44-25-21-38-27-40(17-16-39(38)29-44)47-30-37-13-6-7-14-41(37)32-51-47/h1-32H. The summed E-state index contributed by atoms with van der Waals surface area (Å²) in [6.07, 6.45) is 3.79. The smallest absolute Gasteiger partial charge is 0.0965 e. The van der Waals surface area contributed by atoms with Gasteiger partial charge < -0.3 is 4.90 Å². The number of rotatable bonds is 6. The second kappa shape index (κ2) is 12.9. The van der Waals surface area contributed by atoms with Crippen molar-refractivity contribution >= 4 is 60.4 Å². The van der Waals surface area contributed by atoms with Gasteiger partial charge in [-0.1, -0.05) is 115 Å². The van der Waals surface area contributed by atoms with Crippen molar-refractivity contribution in [2.45, 2.75) is 0 Å². The molecule has 0 saturated carbocycles. The third kappa shape index (κ3) is 5.73. The molecule has 0 aliphatic carbocycles. The lowest BCUT2D eigenvalue weighted by atomic mass is 10.0. The number of fused-ring (bicyclic) bond motifs is 4. The molecule has 3 heterocycles. The summed E-state index contributed by atoms with van der Waals surface area (Å²) in [7, 11) is 0. The van der Waals surface area contributed by atoms with Gasteiger partial charge in [0.25, 0.3) is 0 Å². The molecule has 0 spiro atoms. The van der Waals surface area contributed by atoms with E-state index in [1.54, 1.807) is 0 Å². The summed E-state index contributed by atoms with van der Waals surface area (Å²) in [5.74, 6) is 0. The van der Waals surface area contributed by atoms with Crippen LogP contribution < -0.4 is 4.90 Å². The Hall–Kier alpha value is -7.17. The molecule has 0 fully saturated rings. The van der Waals surface area contributed by atoms with Crippen LogP contribution >= 0.6 is 0 Å². The highest BCUT2D eigenvalue weighted by Crippen LogP contribution is 2.39. The summed E-state index contributed by atoms with van der Waals surface area (Å²) >= 11 is 0. The number of benzene rings is 7. The van der Waals surface area contributed by atoms with Crippen LogP contribution in [0.3, 0.4) is 0 Å². The maximum Gasteiger partial charge on any atom is 0.0965 e. The molecule has 0 aliphatic rings. The normalized spacial score (nSPS) is 11.4. The Kier molecular flexibility index (Phi) is 7.43. The average molecular weight is 677 g/mol. The van der Waals surface area contributed by atoms with Crippen molar-refractivity contribution in [3.05, 3.63) is 194 Å². The molecule has 4 nitrogen and oxygen atoms in total. The van der Waals surface area contributed by atoms with Gasteiger partial charge in [-0.15, -0.1) is 0 Å². The first-order chi connectivity index (χ1) is 26.2. The molecule has 248 valence electrons. The largest absolute Gasteiger partial charge is 0.310 e. The number of pyridine rings is 3. The molecule has 0 saturated heterocycles. The maximum atomic E-state index is 5.05. The molecule has 7 aromatic carbocycles. The summed E-state index contributed by atoms with van der Waals surface area (Å²) in [6.45, 7) is 0.